The zero-order valence-electron chi connectivity index (χ0n) is 15.0. The monoisotopic (exact) mass is 367 g/mol. The van der Waals surface area contributed by atoms with E-state index in [0.717, 1.165) is 49.3 Å². The van der Waals surface area contributed by atoms with Crippen molar-refractivity contribution in [2.75, 3.05) is 13.1 Å². The predicted molar refractivity (Wildman–Crippen MR) is 101 cm³/mol. The first-order chi connectivity index (χ1) is 13.1. The number of hydrogen-bond donors (Lipinski definition) is 1. The summed E-state index contributed by atoms with van der Waals surface area (Å²) >= 11 is 0. The highest BCUT2D eigenvalue weighted by Crippen LogP contribution is 2.19. The van der Waals surface area contributed by atoms with Gasteiger partial charge in [0.2, 0.25) is 0 Å². The molecule has 8 heteroatoms. The number of fused-ring (bicyclic) bond motifs is 1. The third kappa shape index (κ3) is 3.80. The van der Waals surface area contributed by atoms with Crippen LogP contribution < -0.4 is 5.56 Å². The van der Waals surface area contributed by atoms with Crippen LogP contribution in [0.4, 0.5) is 5.69 Å². The topological polar surface area (TPSA) is 104 Å². The van der Waals surface area contributed by atoms with Crippen LogP contribution >= 0.6 is 0 Å². The third-order valence-electron chi connectivity index (χ3n) is 5.10. The van der Waals surface area contributed by atoms with Crippen molar-refractivity contribution in [2.45, 2.75) is 38.8 Å². The van der Waals surface area contributed by atoms with Crippen LogP contribution in [0, 0.1) is 10.1 Å². The first-order valence-corrected chi connectivity index (χ1v) is 9.21. The molecule has 0 fully saturated rings. The molecule has 0 bridgehead atoms. The molecule has 2 aliphatic heterocycles. The molecule has 0 spiro atoms. The van der Waals surface area contributed by atoms with Crippen LogP contribution in [0.1, 0.15) is 41.9 Å². The van der Waals surface area contributed by atoms with Gasteiger partial charge in [-0.3, -0.25) is 24.8 Å². The number of rotatable bonds is 4. The van der Waals surface area contributed by atoms with E-state index in [2.05, 4.69) is 19.9 Å². The zero-order chi connectivity index (χ0) is 18.8. The lowest BCUT2D eigenvalue weighted by Crippen LogP contribution is -2.36. The molecule has 1 aromatic carbocycles. The Morgan fingerprint density at radius 2 is 2.00 bits per heavy atom. The summed E-state index contributed by atoms with van der Waals surface area (Å²) in [5, 5.41) is 10.8. The van der Waals surface area contributed by atoms with Gasteiger partial charge in [0, 0.05) is 44.7 Å². The average molecular weight is 367 g/mol. The van der Waals surface area contributed by atoms with Gasteiger partial charge in [-0.2, -0.15) is 0 Å². The first kappa shape index (κ1) is 17.5. The lowest BCUT2D eigenvalue weighted by Gasteiger charge is -2.27. The van der Waals surface area contributed by atoms with E-state index in [1.165, 1.54) is 12.1 Å². The fourth-order valence-electron chi connectivity index (χ4n) is 3.62. The van der Waals surface area contributed by atoms with Crippen LogP contribution in [-0.2, 0) is 19.5 Å². The largest absolute Gasteiger partial charge is 0.305 e. The van der Waals surface area contributed by atoms with E-state index >= 15 is 0 Å². The number of H-pyrrole nitrogens is 1. The van der Waals surface area contributed by atoms with Gasteiger partial charge in [0.15, 0.2) is 5.82 Å². The molecule has 0 amide bonds. The van der Waals surface area contributed by atoms with Crippen molar-refractivity contribution in [2.24, 2.45) is 4.99 Å². The second kappa shape index (κ2) is 7.40. The van der Waals surface area contributed by atoms with Crippen LogP contribution in [0.5, 0.6) is 0 Å². The lowest BCUT2D eigenvalue weighted by atomic mass is 10.0. The lowest BCUT2D eigenvalue weighted by molar-refractivity contribution is -0.384. The first-order valence-electron chi connectivity index (χ1n) is 9.21. The van der Waals surface area contributed by atoms with E-state index in [0.29, 0.717) is 30.9 Å². The SMILES string of the molecule is O=c1[nH]c(C2=NCCCC2)nc2c1CN(Cc1ccc([N+](=O)[O-])cc1)CC2. The zero-order valence-corrected chi connectivity index (χ0v) is 15.0. The van der Waals surface area contributed by atoms with Crippen LogP contribution in [0.25, 0.3) is 0 Å². The Bertz CT molecular complexity index is 949. The molecule has 0 radical (unpaired) electrons. The Labute approximate surface area is 156 Å². The second-order valence-corrected chi connectivity index (χ2v) is 7.01. The molecule has 0 saturated carbocycles. The molecule has 27 heavy (non-hydrogen) atoms. The van der Waals surface area contributed by atoms with Gasteiger partial charge in [0.05, 0.1) is 21.9 Å². The van der Waals surface area contributed by atoms with Crippen molar-refractivity contribution in [3.05, 3.63) is 67.4 Å². The quantitative estimate of drug-likeness (QED) is 0.659. The minimum atomic E-state index is -0.402. The Hall–Kier alpha value is -2.87. The number of nitrogens with zero attached hydrogens (tertiary/aromatic N) is 4. The van der Waals surface area contributed by atoms with E-state index in [4.69, 9.17) is 0 Å². The van der Waals surface area contributed by atoms with Crippen molar-refractivity contribution < 1.29 is 4.92 Å². The highest BCUT2D eigenvalue weighted by molar-refractivity contribution is 5.97. The van der Waals surface area contributed by atoms with Crippen LogP contribution in [-0.4, -0.2) is 38.6 Å². The van der Waals surface area contributed by atoms with Gasteiger partial charge in [0.25, 0.3) is 11.2 Å². The summed E-state index contributed by atoms with van der Waals surface area (Å²) in [7, 11) is 0. The van der Waals surface area contributed by atoms with Crippen LogP contribution in [0.2, 0.25) is 0 Å². The maximum absolute atomic E-state index is 12.6. The normalized spacial score (nSPS) is 17.3. The van der Waals surface area contributed by atoms with E-state index in [1.54, 1.807) is 12.1 Å². The molecule has 3 heterocycles. The number of nitro benzene ring substituents is 1. The number of nitrogens with one attached hydrogen (secondary N) is 1. The van der Waals surface area contributed by atoms with E-state index in [-0.39, 0.29) is 11.2 Å². The molecular formula is C19H21N5O3. The Kier molecular flexibility index (Phi) is 4.81. The van der Waals surface area contributed by atoms with E-state index in [1.807, 2.05) is 0 Å². The van der Waals surface area contributed by atoms with E-state index in [9.17, 15) is 14.9 Å². The van der Waals surface area contributed by atoms with Gasteiger partial charge in [-0.05, 0) is 24.8 Å². The number of nitro groups is 1. The number of aliphatic imine (C=N–C) groups is 1. The van der Waals surface area contributed by atoms with Gasteiger partial charge >= 0.3 is 0 Å². The van der Waals surface area contributed by atoms with Crippen molar-refractivity contribution in [1.82, 2.24) is 14.9 Å². The number of benzene rings is 1. The number of aromatic nitrogens is 2. The van der Waals surface area contributed by atoms with Gasteiger partial charge in [0.1, 0.15) is 0 Å². The third-order valence-corrected chi connectivity index (χ3v) is 5.10. The molecule has 140 valence electrons. The molecule has 0 atom stereocenters. The molecule has 0 aliphatic carbocycles. The van der Waals surface area contributed by atoms with Crippen molar-refractivity contribution >= 4 is 11.4 Å². The molecular weight excluding hydrogens is 346 g/mol. The number of aromatic amines is 1. The highest BCUT2D eigenvalue weighted by atomic mass is 16.6. The minimum absolute atomic E-state index is 0.0848. The fraction of sp³-hybridized carbons (Fsp3) is 0.421. The Morgan fingerprint density at radius 1 is 1.19 bits per heavy atom. The highest BCUT2D eigenvalue weighted by Gasteiger charge is 2.22. The average Bonchev–Trinajstić information content (AvgIpc) is 2.69. The maximum Gasteiger partial charge on any atom is 0.269 e. The Morgan fingerprint density at radius 3 is 2.70 bits per heavy atom. The molecule has 2 aromatic rings. The maximum atomic E-state index is 12.6. The van der Waals surface area contributed by atoms with Crippen molar-refractivity contribution in [3.63, 3.8) is 0 Å². The van der Waals surface area contributed by atoms with E-state index < -0.39 is 4.92 Å². The van der Waals surface area contributed by atoms with Gasteiger partial charge < -0.3 is 4.98 Å². The second-order valence-electron chi connectivity index (χ2n) is 7.01. The summed E-state index contributed by atoms with van der Waals surface area (Å²) in [5.74, 6) is 0.627. The summed E-state index contributed by atoms with van der Waals surface area (Å²) in [6.07, 6.45) is 3.76. The molecule has 1 N–H and O–H groups in total. The summed E-state index contributed by atoms with van der Waals surface area (Å²) < 4.78 is 0. The molecule has 0 saturated heterocycles. The number of non-ortho nitro benzene ring substituents is 1. The summed E-state index contributed by atoms with van der Waals surface area (Å²) in [6.45, 7) is 2.78. The van der Waals surface area contributed by atoms with Crippen molar-refractivity contribution in [3.8, 4) is 0 Å². The molecule has 8 nitrogen and oxygen atoms in total. The van der Waals surface area contributed by atoms with Crippen LogP contribution in [0.3, 0.4) is 0 Å². The predicted octanol–water partition coefficient (Wildman–Crippen LogP) is 2.21. The summed E-state index contributed by atoms with van der Waals surface area (Å²) in [4.78, 5) is 37.2. The Balaban J connectivity index is 1.50. The van der Waals surface area contributed by atoms with Gasteiger partial charge in [-0.25, -0.2) is 4.98 Å². The van der Waals surface area contributed by atoms with Crippen LogP contribution in [0.15, 0.2) is 34.1 Å². The number of hydrogen-bond acceptors (Lipinski definition) is 6. The molecule has 1 aromatic heterocycles. The molecule has 4 rings (SSSR count). The standard InChI is InChI=1S/C19H21N5O3/c25-19-15-12-23(11-13-4-6-14(7-5-13)24(26)27)10-8-16(15)21-18(22-19)17-3-1-2-9-20-17/h4-7H,1-3,8-12H2,(H,21,22,25). The van der Waals surface area contributed by atoms with Gasteiger partial charge in [-0.15, -0.1) is 0 Å². The summed E-state index contributed by atoms with van der Waals surface area (Å²) in [6, 6.07) is 6.55. The smallest absolute Gasteiger partial charge is 0.269 e. The minimum Gasteiger partial charge on any atom is -0.305 e. The molecule has 2 aliphatic rings. The van der Waals surface area contributed by atoms with Crippen molar-refractivity contribution in [1.29, 1.82) is 0 Å². The fourth-order valence-corrected chi connectivity index (χ4v) is 3.62. The molecule has 0 unspecified atom stereocenters. The van der Waals surface area contributed by atoms with Gasteiger partial charge in [-0.1, -0.05) is 12.1 Å². The summed E-state index contributed by atoms with van der Waals surface area (Å²) in [5.41, 5.74) is 3.47.